The minimum Gasteiger partial charge on any atom is -0.465 e. The zero-order valence-electron chi connectivity index (χ0n) is 13.4. The fourth-order valence-corrected chi connectivity index (χ4v) is 2.10. The minimum absolute atomic E-state index is 0.225. The van der Waals surface area contributed by atoms with Crippen LogP contribution >= 0.6 is 0 Å². The minimum atomic E-state index is -1.28. The molecule has 0 aliphatic carbocycles. The molecule has 0 aromatic heterocycles. The van der Waals surface area contributed by atoms with Gasteiger partial charge in [0.25, 0.3) is 5.91 Å². The Morgan fingerprint density at radius 3 is 1.85 bits per heavy atom. The Hall–Kier alpha value is -1.10. The topological polar surface area (TPSA) is 75.6 Å². The van der Waals surface area contributed by atoms with Crippen molar-refractivity contribution in [2.24, 2.45) is 17.3 Å². The molecule has 0 heterocycles. The third-order valence-corrected chi connectivity index (χ3v) is 3.50. The molecule has 0 fully saturated rings. The van der Waals surface area contributed by atoms with Crippen molar-refractivity contribution in [1.82, 2.24) is 5.48 Å². The Kier molecular flexibility index (Phi) is 8.46. The zero-order chi connectivity index (χ0) is 15.8. The molecule has 2 N–H and O–H groups in total. The summed E-state index contributed by atoms with van der Waals surface area (Å²) in [4.78, 5) is 24.4. The van der Waals surface area contributed by atoms with Crippen LogP contribution in [-0.2, 0) is 14.3 Å². The molecule has 20 heavy (non-hydrogen) atoms. The quantitative estimate of drug-likeness (QED) is 0.296. The Labute approximate surface area is 122 Å². The number of carbonyl (C=O) groups is 2. The molecular formula is C15H29NO4. The van der Waals surface area contributed by atoms with Crippen LogP contribution in [0.5, 0.6) is 0 Å². The average molecular weight is 287 g/mol. The van der Waals surface area contributed by atoms with Gasteiger partial charge in [0, 0.05) is 0 Å². The zero-order valence-corrected chi connectivity index (χ0v) is 13.4. The lowest BCUT2D eigenvalue weighted by Gasteiger charge is -2.30. The van der Waals surface area contributed by atoms with E-state index in [-0.39, 0.29) is 6.61 Å². The molecule has 1 amide bonds. The van der Waals surface area contributed by atoms with Gasteiger partial charge in [0.1, 0.15) is 5.41 Å². The number of carbonyl (C=O) groups excluding carboxylic acids is 2. The van der Waals surface area contributed by atoms with Crippen LogP contribution in [0.1, 0.15) is 60.3 Å². The van der Waals surface area contributed by atoms with Crippen LogP contribution in [0.15, 0.2) is 0 Å². The van der Waals surface area contributed by atoms with E-state index in [9.17, 15) is 9.59 Å². The normalized spacial score (nSPS) is 11.8. The second-order valence-corrected chi connectivity index (χ2v) is 6.11. The number of amides is 1. The van der Waals surface area contributed by atoms with Crippen LogP contribution in [0.2, 0.25) is 0 Å². The molecule has 0 radical (unpaired) electrons. The molecule has 0 saturated heterocycles. The molecule has 0 aromatic rings. The van der Waals surface area contributed by atoms with Crippen LogP contribution < -0.4 is 5.48 Å². The van der Waals surface area contributed by atoms with Gasteiger partial charge in [-0.25, -0.2) is 5.48 Å². The van der Waals surface area contributed by atoms with Gasteiger partial charge in [-0.15, -0.1) is 0 Å². The molecule has 0 spiro atoms. The molecule has 0 aromatic carbocycles. The summed E-state index contributed by atoms with van der Waals surface area (Å²) >= 11 is 0. The van der Waals surface area contributed by atoms with Crippen LogP contribution in [0, 0.1) is 17.3 Å². The van der Waals surface area contributed by atoms with Crippen LogP contribution in [0.4, 0.5) is 0 Å². The van der Waals surface area contributed by atoms with E-state index < -0.39 is 17.3 Å². The van der Waals surface area contributed by atoms with E-state index in [4.69, 9.17) is 9.94 Å². The van der Waals surface area contributed by atoms with Crippen molar-refractivity contribution in [2.75, 3.05) is 6.61 Å². The predicted octanol–water partition coefficient (Wildman–Crippen LogP) is 2.91. The van der Waals surface area contributed by atoms with E-state index in [0.29, 0.717) is 24.7 Å². The Morgan fingerprint density at radius 1 is 1.10 bits per heavy atom. The van der Waals surface area contributed by atoms with Gasteiger partial charge in [-0.05, 0) is 44.4 Å². The van der Waals surface area contributed by atoms with E-state index in [1.165, 1.54) is 0 Å². The lowest BCUT2D eigenvalue weighted by molar-refractivity contribution is -0.166. The van der Waals surface area contributed by atoms with Crippen molar-refractivity contribution < 1.29 is 19.5 Å². The first-order chi connectivity index (χ1) is 9.30. The fraction of sp³-hybridized carbons (Fsp3) is 0.867. The molecule has 0 unspecified atom stereocenters. The van der Waals surface area contributed by atoms with Gasteiger partial charge in [0.2, 0.25) is 0 Å². The summed E-state index contributed by atoms with van der Waals surface area (Å²) in [6, 6.07) is 0. The molecule has 0 saturated carbocycles. The van der Waals surface area contributed by atoms with E-state index in [1.807, 2.05) is 27.7 Å². The maximum atomic E-state index is 12.3. The van der Waals surface area contributed by atoms with Crippen molar-refractivity contribution in [3.8, 4) is 0 Å². The van der Waals surface area contributed by atoms with Crippen molar-refractivity contribution in [3.63, 3.8) is 0 Å². The monoisotopic (exact) mass is 287 g/mol. The smallest absolute Gasteiger partial charge is 0.321 e. The predicted molar refractivity (Wildman–Crippen MR) is 77.1 cm³/mol. The first-order valence-electron chi connectivity index (χ1n) is 7.41. The van der Waals surface area contributed by atoms with E-state index >= 15 is 0 Å². The number of hydrogen-bond donors (Lipinski definition) is 2. The number of esters is 1. The highest BCUT2D eigenvalue weighted by Gasteiger charge is 2.46. The molecule has 5 heteroatoms. The van der Waals surface area contributed by atoms with Crippen molar-refractivity contribution >= 4 is 11.9 Å². The van der Waals surface area contributed by atoms with Gasteiger partial charge < -0.3 is 4.74 Å². The van der Waals surface area contributed by atoms with E-state index in [0.717, 1.165) is 12.8 Å². The molecular weight excluding hydrogens is 258 g/mol. The number of ether oxygens (including phenoxy) is 1. The highest BCUT2D eigenvalue weighted by atomic mass is 16.5. The van der Waals surface area contributed by atoms with Crippen molar-refractivity contribution in [2.45, 2.75) is 60.3 Å². The summed E-state index contributed by atoms with van der Waals surface area (Å²) in [6.45, 7) is 10.1. The summed E-state index contributed by atoms with van der Waals surface area (Å²) in [7, 11) is 0. The fourth-order valence-electron chi connectivity index (χ4n) is 2.10. The molecule has 0 bridgehead atoms. The van der Waals surface area contributed by atoms with Gasteiger partial charge in [0.05, 0.1) is 6.61 Å². The first kappa shape index (κ1) is 18.9. The second kappa shape index (κ2) is 8.95. The SMILES string of the molecule is CCOC(=O)C(CCC(C)C)(CCC(C)C)C(=O)NO. The summed E-state index contributed by atoms with van der Waals surface area (Å²) in [6.07, 6.45) is 2.24. The molecule has 0 aliphatic rings. The summed E-state index contributed by atoms with van der Waals surface area (Å²) in [5.41, 5.74) is 0.374. The van der Waals surface area contributed by atoms with E-state index in [2.05, 4.69) is 0 Å². The van der Waals surface area contributed by atoms with Crippen LogP contribution in [0.25, 0.3) is 0 Å². The van der Waals surface area contributed by atoms with Gasteiger partial charge in [-0.3, -0.25) is 14.8 Å². The van der Waals surface area contributed by atoms with Gasteiger partial charge in [0.15, 0.2) is 0 Å². The highest BCUT2D eigenvalue weighted by Crippen LogP contribution is 2.34. The largest absolute Gasteiger partial charge is 0.465 e. The first-order valence-corrected chi connectivity index (χ1v) is 7.41. The van der Waals surface area contributed by atoms with Crippen molar-refractivity contribution in [3.05, 3.63) is 0 Å². The molecule has 0 rings (SSSR count). The summed E-state index contributed by atoms with van der Waals surface area (Å²) in [5, 5.41) is 9.01. The van der Waals surface area contributed by atoms with Crippen LogP contribution in [-0.4, -0.2) is 23.7 Å². The second-order valence-electron chi connectivity index (χ2n) is 6.11. The van der Waals surface area contributed by atoms with Crippen LogP contribution in [0.3, 0.4) is 0 Å². The number of nitrogens with one attached hydrogen (secondary N) is 1. The highest BCUT2D eigenvalue weighted by molar-refractivity contribution is 6.02. The molecule has 0 atom stereocenters. The lowest BCUT2D eigenvalue weighted by atomic mass is 9.75. The third-order valence-electron chi connectivity index (χ3n) is 3.50. The molecule has 5 nitrogen and oxygen atoms in total. The van der Waals surface area contributed by atoms with Crippen molar-refractivity contribution in [1.29, 1.82) is 0 Å². The maximum absolute atomic E-state index is 12.3. The van der Waals surface area contributed by atoms with E-state index in [1.54, 1.807) is 12.4 Å². The number of rotatable bonds is 9. The third kappa shape index (κ3) is 5.49. The Bertz CT molecular complexity index is 301. The molecule has 0 aliphatic heterocycles. The van der Waals surface area contributed by atoms with Gasteiger partial charge in [-0.1, -0.05) is 27.7 Å². The molecule has 118 valence electrons. The lowest BCUT2D eigenvalue weighted by Crippen LogP contribution is -2.47. The summed E-state index contributed by atoms with van der Waals surface area (Å²) < 4.78 is 5.08. The van der Waals surface area contributed by atoms with Gasteiger partial charge in [-0.2, -0.15) is 0 Å². The number of hydrogen-bond acceptors (Lipinski definition) is 4. The summed E-state index contributed by atoms with van der Waals surface area (Å²) in [5.74, 6) is -0.450. The Balaban J connectivity index is 5.26. The van der Waals surface area contributed by atoms with Gasteiger partial charge >= 0.3 is 5.97 Å². The average Bonchev–Trinajstić information content (AvgIpc) is 2.38. The number of hydroxylamine groups is 1. The standard InChI is InChI=1S/C15H29NO4/c1-6-20-14(18)15(13(17)16-19,9-7-11(2)3)10-8-12(4)5/h11-12,19H,6-10H2,1-5H3,(H,16,17). The maximum Gasteiger partial charge on any atom is 0.321 e. The Morgan fingerprint density at radius 2 is 1.55 bits per heavy atom.